The molecule has 24 heavy (non-hydrogen) atoms. The first-order valence-corrected chi connectivity index (χ1v) is 8.09. The molecule has 1 aliphatic carbocycles. The number of hydrogen-bond acceptors (Lipinski definition) is 3. The lowest BCUT2D eigenvalue weighted by molar-refractivity contribution is -0.0462. The molecule has 2 atom stereocenters. The van der Waals surface area contributed by atoms with Crippen molar-refractivity contribution in [3.05, 3.63) is 59.7 Å². The Morgan fingerprint density at radius 2 is 2.00 bits per heavy atom. The Kier molecular flexibility index (Phi) is 4.71. The summed E-state index contributed by atoms with van der Waals surface area (Å²) in [6.45, 7) is 2.38. The highest BCUT2D eigenvalue weighted by Gasteiger charge is 2.40. The normalized spacial score (nSPS) is 18.8. The summed E-state index contributed by atoms with van der Waals surface area (Å²) in [6.07, 6.45) is 0.960. The van der Waals surface area contributed by atoms with E-state index in [9.17, 15) is 10.0 Å². The van der Waals surface area contributed by atoms with Crippen molar-refractivity contribution in [2.75, 3.05) is 13.6 Å². The maximum atomic E-state index is 11.3. The van der Waals surface area contributed by atoms with E-state index in [1.165, 1.54) is 18.2 Å². The highest BCUT2D eigenvalue weighted by atomic mass is 16.5. The molecule has 5 heteroatoms. The first-order chi connectivity index (χ1) is 11.6. The van der Waals surface area contributed by atoms with E-state index >= 15 is 0 Å². The van der Waals surface area contributed by atoms with Crippen molar-refractivity contribution in [1.29, 1.82) is 0 Å². The molecule has 1 aliphatic rings. The van der Waals surface area contributed by atoms with E-state index in [-0.39, 0.29) is 5.92 Å². The van der Waals surface area contributed by atoms with Crippen LogP contribution in [0.1, 0.15) is 23.5 Å². The summed E-state index contributed by atoms with van der Waals surface area (Å²) < 4.78 is 5.90. The van der Waals surface area contributed by atoms with E-state index < -0.39 is 6.03 Å². The van der Waals surface area contributed by atoms with Crippen LogP contribution in [-0.2, 0) is 0 Å². The number of ether oxygens (including phenoxy) is 1. The summed E-state index contributed by atoms with van der Waals surface area (Å²) in [7, 11) is 1.50. The van der Waals surface area contributed by atoms with Gasteiger partial charge in [-0.1, -0.05) is 29.8 Å². The van der Waals surface area contributed by atoms with Gasteiger partial charge in [-0.2, -0.15) is 0 Å². The second kappa shape index (κ2) is 6.93. The molecule has 0 aromatic heterocycles. The number of aryl methyl sites for hydroxylation is 1. The molecule has 2 aromatic rings. The lowest BCUT2D eigenvalue weighted by Gasteiger charge is -2.14. The molecule has 0 radical (unpaired) electrons. The first kappa shape index (κ1) is 16.3. The maximum absolute atomic E-state index is 11.3. The monoisotopic (exact) mass is 326 g/mol. The Hall–Kier alpha value is -2.53. The van der Waals surface area contributed by atoms with E-state index in [1.54, 1.807) is 0 Å². The molecule has 0 spiro atoms. The van der Waals surface area contributed by atoms with Crippen LogP contribution in [0.4, 0.5) is 4.79 Å². The zero-order chi connectivity index (χ0) is 17.1. The number of carbonyl (C=O) groups excluding carboxylic acids is 1. The number of carbonyl (C=O) groups is 1. The molecule has 0 aliphatic heterocycles. The number of amides is 2. The number of benzene rings is 2. The minimum atomic E-state index is -0.475. The largest absolute Gasteiger partial charge is 0.457 e. The fraction of sp³-hybridized carbons (Fsp3) is 0.316. The second-order valence-corrected chi connectivity index (χ2v) is 6.23. The highest BCUT2D eigenvalue weighted by molar-refractivity contribution is 5.72. The minimum Gasteiger partial charge on any atom is -0.457 e. The Morgan fingerprint density at radius 1 is 1.25 bits per heavy atom. The molecular formula is C19H22N2O3. The summed E-state index contributed by atoms with van der Waals surface area (Å²) in [5, 5.41) is 12.8. The quantitative estimate of drug-likeness (QED) is 0.646. The lowest BCUT2D eigenvalue weighted by Crippen LogP contribution is -2.36. The van der Waals surface area contributed by atoms with Gasteiger partial charge in [0.2, 0.25) is 0 Å². The molecule has 0 bridgehead atoms. The smallest absolute Gasteiger partial charge is 0.340 e. The van der Waals surface area contributed by atoms with Gasteiger partial charge in [0, 0.05) is 7.05 Å². The van der Waals surface area contributed by atoms with Crippen LogP contribution in [0.15, 0.2) is 48.5 Å². The number of rotatable bonds is 5. The average molecular weight is 326 g/mol. The Bertz CT molecular complexity index is 715. The Balaban J connectivity index is 1.62. The Labute approximate surface area is 141 Å². The van der Waals surface area contributed by atoms with Crippen molar-refractivity contribution in [2.24, 2.45) is 5.92 Å². The van der Waals surface area contributed by atoms with Crippen molar-refractivity contribution in [3.8, 4) is 11.5 Å². The van der Waals surface area contributed by atoms with Gasteiger partial charge in [-0.05, 0) is 55.0 Å². The number of nitrogens with zero attached hydrogens (tertiary/aromatic N) is 1. The number of nitrogens with one attached hydrogen (secondary N) is 1. The molecule has 0 saturated heterocycles. The van der Waals surface area contributed by atoms with E-state index in [0.29, 0.717) is 12.5 Å². The van der Waals surface area contributed by atoms with Crippen molar-refractivity contribution >= 4 is 6.03 Å². The molecule has 5 nitrogen and oxygen atoms in total. The SMILES string of the molecule is CNC(=O)N(O)CC1CC1c1cccc(Oc2ccc(C)cc2)c1. The molecule has 2 amide bonds. The van der Waals surface area contributed by atoms with Gasteiger partial charge in [-0.25, -0.2) is 9.86 Å². The third-order valence-electron chi connectivity index (χ3n) is 4.32. The maximum Gasteiger partial charge on any atom is 0.340 e. The van der Waals surface area contributed by atoms with Gasteiger partial charge < -0.3 is 10.1 Å². The van der Waals surface area contributed by atoms with Crippen molar-refractivity contribution < 1.29 is 14.7 Å². The highest BCUT2D eigenvalue weighted by Crippen LogP contribution is 2.48. The van der Waals surface area contributed by atoms with E-state index in [2.05, 4.69) is 11.4 Å². The summed E-state index contributed by atoms with van der Waals surface area (Å²) >= 11 is 0. The topological polar surface area (TPSA) is 61.8 Å². The predicted molar refractivity (Wildman–Crippen MR) is 91.5 cm³/mol. The van der Waals surface area contributed by atoms with E-state index in [4.69, 9.17) is 4.74 Å². The van der Waals surface area contributed by atoms with E-state index in [0.717, 1.165) is 23.0 Å². The van der Waals surface area contributed by atoms with Gasteiger partial charge >= 0.3 is 6.03 Å². The number of urea groups is 1. The van der Waals surface area contributed by atoms with Crippen LogP contribution in [0, 0.1) is 12.8 Å². The molecular weight excluding hydrogens is 304 g/mol. The van der Waals surface area contributed by atoms with Crippen LogP contribution in [0.2, 0.25) is 0 Å². The van der Waals surface area contributed by atoms with Crippen LogP contribution in [-0.4, -0.2) is 29.9 Å². The first-order valence-electron chi connectivity index (χ1n) is 8.09. The van der Waals surface area contributed by atoms with Crippen molar-refractivity contribution in [3.63, 3.8) is 0 Å². The fourth-order valence-electron chi connectivity index (χ4n) is 2.84. The third kappa shape index (κ3) is 3.86. The second-order valence-electron chi connectivity index (χ2n) is 6.23. The molecule has 1 fully saturated rings. The minimum absolute atomic E-state index is 0.280. The van der Waals surface area contributed by atoms with Gasteiger partial charge in [-0.15, -0.1) is 0 Å². The van der Waals surface area contributed by atoms with Crippen molar-refractivity contribution in [1.82, 2.24) is 10.4 Å². The molecule has 1 saturated carbocycles. The van der Waals surface area contributed by atoms with E-state index in [1.807, 2.05) is 49.4 Å². The molecule has 0 heterocycles. The summed E-state index contributed by atoms with van der Waals surface area (Å²) in [5.41, 5.74) is 2.37. The summed E-state index contributed by atoms with van der Waals surface area (Å²) in [5.74, 6) is 2.24. The van der Waals surface area contributed by atoms with Gasteiger partial charge in [0.25, 0.3) is 0 Å². The Morgan fingerprint density at radius 3 is 2.71 bits per heavy atom. The zero-order valence-corrected chi connectivity index (χ0v) is 13.9. The standard InChI is InChI=1S/C19H22N2O3/c1-13-6-8-16(9-7-13)24-17-5-3-4-14(10-17)18-11-15(18)12-21(23)19(22)20-2/h3-10,15,18,23H,11-12H2,1-2H3,(H,20,22). The number of hydroxylamine groups is 2. The molecule has 2 N–H and O–H groups in total. The third-order valence-corrected chi connectivity index (χ3v) is 4.32. The van der Waals surface area contributed by atoms with Gasteiger partial charge in [-0.3, -0.25) is 5.21 Å². The summed E-state index contributed by atoms with van der Waals surface area (Å²) in [6, 6.07) is 15.5. The number of hydrogen-bond donors (Lipinski definition) is 2. The lowest BCUT2D eigenvalue weighted by atomic mass is 10.1. The predicted octanol–water partition coefficient (Wildman–Crippen LogP) is 3.92. The van der Waals surface area contributed by atoms with Crippen LogP contribution in [0.25, 0.3) is 0 Å². The fourth-order valence-corrected chi connectivity index (χ4v) is 2.84. The molecule has 3 rings (SSSR count). The van der Waals surface area contributed by atoms with Crippen LogP contribution < -0.4 is 10.1 Å². The average Bonchev–Trinajstić information content (AvgIpc) is 3.35. The zero-order valence-electron chi connectivity index (χ0n) is 13.9. The van der Waals surface area contributed by atoms with Crippen molar-refractivity contribution in [2.45, 2.75) is 19.3 Å². The van der Waals surface area contributed by atoms with Gasteiger partial charge in [0.1, 0.15) is 11.5 Å². The van der Waals surface area contributed by atoms with Crippen LogP contribution >= 0.6 is 0 Å². The molecule has 126 valence electrons. The molecule has 2 unspecified atom stereocenters. The van der Waals surface area contributed by atoms with Gasteiger partial charge in [0.05, 0.1) is 6.54 Å². The van der Waals surface area contributed by atoms with Crippen LogP contribution in [0.3, 0.4) is 0 Å². The molecule has 2 aromatic carbocycles. The van der Waals surface area contributed by atoms with Crippen LogP contribution in [0.5, 0.6) is 11.5 Å². The summed E-state index contributed by atoms with van der Waals surface area (Å²) in [4.78, 5) is 11.3. The van der Waals surface area contributed by atoms with Gasteiger partial charge in [0.15, 0.2) is 0 Å².